The minimum atomic E-state index is 0.542. The highest BCUT2D eigenvalue weighted by Gasteiger charge is 2.37. The first-order valence-electron chi connectivity index (χ1n) is 5.72. The molecule has 3 nitrogen and oxygen atoms in total. The number of hydrogen-bond acceptors (Lipinski definition) is 2. The van der Waals surface area contributed by atoms with Crippen molar-refractivity contribution in [1.82, 2.24) is 4.90 Å². The first kappa shape index (κ1) is 9.01. The van der Waals surface area contributed by atoms with Crippen molar-refractivity contribution in [2.45, 2.75) is 38.3 Å². The Labute approximate surface area is 89.6 Å². The highest BCUT2D eigenvalue weighted by Crippen LogP contribution is 2.36. The molecule has 1 aromatic heterocycles. The Balaban J connectivity index is 1.70. The van der Waals surface area contributed by atoms with Crippen LogP contribution in [0.5, 0.6) is 0 Å². The van der Waals surface area contributed by atoms with E-state index in [1.807, 2.05) is 12.1 Å². The quantitative estimate of drug-likeness (QED) is 0.605. The standard InChI is InChI=1S/C12H16N2O/c13-12(9-3-4-9)14(10-5-6-10)8-11-2-1-7-15-11/h1-2,7,9-10,13H,3-6,8H2. The van der Waals surface area contributed by atoms with Crippen LogP contribution in [0, 0.1) is 11.3 Å². The lowest BCUT2D eigenvalue weighted by atomic mass is 10.3. The van der Waals surface area contributed by atoms with E-state index in [0.717, 1.165) is 18.1 Å². The molecule has 80 valence electrons. The van der Waals surface area contributed by atoms with Gasteiger partial charge in [-0.15, -0.1) is 0 Å². The molecule has 3 heteroatoms. The molecule has 1 heterocycles. The first-order valence-corrected chi connectivity index (χ1v) is 5.72. The fraction of sp³-hybridized carbons (Fsp3) is 0.583. The normalized spacial score (nSPS) is 20.3. The topological polar surface area (TPSA) is 40.2 Å². The van der Waals surface area contributed by atoms with Crippen molar-refractivity contribution in [3.63, 3.8) is 0 Å². The maximum Gasteiger partial charge on any atom is 0.123 e. The smallest absolute Gasteiger partial charge is 0.123 e. The van der Waals surface area contributed by atoms with E-state index < -0.39 is 0 Å². The molecule has 0 aliphatic heterocycles. The highest BCUT2D eigenvalue weighted by molar-refractivity contribution is 5.84. The Bertz CT molecular complexity index is 350. The summed E-state index contributed by atoms with van der Waals surface area (Å²) < 4.78 is 5.35. The average Bonchev–Trinajstić information content (AvgIpc) is 3.13. The molecule has 0 atom stereocenters. The average molecular weight is 204 g/mol. The molecule has 0 aromatic carbocycles. The molecule has 0 saturated heterocycles. The van der Waals surface area contributed by atoms with Gasteiger partial charge in [0.1, 0.15) is 5.76 Å². The van der Waals surface area contributed by atoms with E-state index in [1.54, 1.807) is 6.26 Å². The summed E-state index contributed by atoms with van der Waals surface area (Å²) in [6.45, 7) is 0.785. The van der Waals surface area contributed by atoms with Gasteiger partial charge in [-0.25, -0.2) is 0 Å². The lowest BCUT2D eigenvalue weighted by Crippen LogP contribution is -2.33. The number of nitrogens with zero attached hydrogens (tertiary/aromatic N) is 1. The second-order valence-electron chi connectivity index (χ2n) is 4.60. The van der Waals surface area contributed by atoms with E-state index in [9.17, 15) is 0 Å². The Hall–Kier alpha value is -1.25. The van der Waals surface area contributed by atoms with Crippen LogP contribution >= 0.6 is 0 Å². The number of hydrogen-bond donors (Lipinski definition) is 1. The van der Waals surface area contributed by atoms with Crippen molar-refractivity contribution >= 4 is 5.84 Å². The van der Waals surface area contributed by atoms with Crippen LogP contribution in [0.1, 0.15) is 31.4 Å². The fourth-order valence-electron chi connectivity index (χ4n) is 1.96. The van der Waals surface area contributed by atoms with Gasteiger partial charge in [0.05, 0.1) is 18.6 Å². The van der Waals surface area contributed by atoms with Crippen molar-refractivity contribution < 1.29 is 4.42 Å². The summed E-state index contributed by atoms with van der Waals surface area (Å²) in [6, 6.07) is 4.53. The van der Waals surface area contributed by atoms with E-state index in [2.05, 4.69) is 4.90 Å². The molecule has 0 unspecified atom stereocenters. The summed E-state index contributed by atoms with van der Waals surface area (Å²) >= 11 is 0. The number of nitrogens with one attached hydrogen (secondary N) is 1. The maximum atomic E-state index is 8.12. The predicted octanol–water partition coefficient (Wildman–Crippen LogP) is 2.63. The Morgan fingerprint density at radius 2 is 2.20 bits per heavy atom. The van der Waals surface area contributed by atoms with Crippen molar-refractivity contribution in [1.29, 1.82) is 5.41 Å². The molecular formula is C12H16N2O. The lowest BCUT2D eigenvalue weighted by molar-refractivity contribution is 0.344. The van der Waals surface area contributed by atoms with Gasteiger partial charge in [0, 0.05) is 12.0 Å². The summed E-state index contributed by atoms with van der Waals surface area (Å²) in [5, 5.41) is 8.12. The van der Waals surface area contributed by atoms with E-state index in [0.29, 0.717) is 12.0 Å². The third-order valence-electron chi connectivity index (χ3n) is 3.17. The predicted molar refractivity (Wildman–Crippen MR) is 57.7 cm³/mol. The lowest BCUT2D eigenvalue weighted by Gasteiger charge is -2.23. The summed E-state index contributed by atoms with van der Waals surface area (Å²) in [4.78, 5) is 2.23. The van der Waals surface area contributed by atoms with Gasteiger partial charge in [0.2, 0.25) is 0 Å². The molecule has 0 bridgehead atoms. The zero-order valence-electron chi connectivity index (χ0n) is 8.78. The SMILES string of the molecule is N=C(C1CC1)N(Cc1ccco1)C1CC1. The molecule has 0 spiro atoms. The Morgan fingerprint density at radius 3 is 2.73 bits per heavy atom. The van der Waals surface area contributed by atoms with Crippen LogP contribution in [-0.2, 0) is 6.54 Å². The Morgan fingerprint density at radius 1 is 1.40 bits per heavy atom. The van der Waals surface area contributed by atoms with Crippen molar-refractivity contribution in [3.05, 3.63) is 24.2 Å². The van der Waals surface area contributed by atoms with Gasteiger partial charge in [-0.05, 0) is 37.8 Å². The molecule has 2 aliphatic carbocycles. The zero-order valence-corrected chi connectivity index (χ0v) is 8.78. The van der Waals surface area contributed by atoms with Crippen LogP contribution in [-0.4, -0.2) is 16.8 Å². The largest absolute Gasteiger partial charge is 0.467 e. The summed E-state index contributed by atoms with van der Waals surface area (Å²) in [5.41, 5.74) is 0. The summed E-state index contributed by atoms with van der Waals surface area (Å²) in [6.07, 6.45) is 6.62. The van der Waals surface area contributed by atoms with Crippen molar-refractivity contribution in [2.24, 2.45) is 5.92 Å². The molecule has 0 amide bonds. The van der Waals surface area contributed by atoms with Gasteiger partial charge in [0.15, 0.2) is 0 Å². The van der Waals surface area contributed by atoms with E-state index >= 15 is 0 Å². The summed E-state index contributed by atoms with van der Waals surface area (Å²) in [5.74, 6) is 2.36. The summed E-state index contributed by atoms with van der Waals surface area (Å²) in [7, 11) is 0. The van der Waals surface area contributed by atoms with Gasteiger partial charge in [-0.1, -0.05) is 0 Å². The maximum absolute atomic E-state index is 8.12. The number of rotatable bonds is 4. The fourth-order valence-corrected chi connectivity index (χ4v) is 1.96. The zero-order chi connectivity index (χ0) is 10.3. The third kappa shape index (κ3) is 1.91. The molecule has 15 heavy (non-hydrogen) atoms. The molecule has 1 N–H and O–H groups in total. The van der Waals surface area contributed by atoms with Crippen molar-refractivity contribution in [2.75, 3.05) is 0 Å². The van der Waals surface area contributed by atoms with Crippen LogP contribution in [0.2, 0.25) is 0 Å². The van der Waals surface area contributed by atoms with Gasteiger partial charge >= 0.3 is 0 Å². The van der Waals surface area contributed by atoms with Crippen LogP contribution in [0.4, 0.5) is 0 Å². The van der Waals surface area contributed by atoms with E-state index in [-0.39, 0.29) is 0 Å². The monoisotopic (exact) mass is 204 g/mol. The van der Waals surface area contributed by atoms with Crippen LogP contribution in [0.3, 0.4) is 0 Å². The Kier molecular flexibility index (Phi) is 2.04. The minimum Gasteiger partial charge on any atom is -0.467 e. The van der Waals surface area contributed by atoms with E-state index in [4.69, 9.17) is 9.83 Å². The molecule has 3 rings (SSSR count). The minimum absolute atomic E-state index is 0.542. The third-order valence-corrected chi connectivity index (χ3v) is 3.17. The van der Waals surface area contributed by atoms with Gasteiger partial charge in [-0.3, -0.25) is 5.41 Å². The first-order chi connectivity index (χ1) is 7.34. The molecule has 2 saturated carbocycles. The molecule has 1 aromatic rings. The van der Waals surface area contributed by atoms with Crippen LogP contribution < -0.4 is 0 Å². The van der Waals surface area contributed by atoms with Crippen LogP contribution in [0.15, 0.2) is 22.8 Å². The van der Waals surface area contributed by atoms with E-state index in [1.165, 1.54) is 25.7 Å². The number of amidine groups is 1. The molecule has 2 aliphatic rings. The number of furan rings is 1. The highest BCUT2D eigenvalue weighted by atomic mass is 16.3. The van der Waals surface area contributed by atoms with Gasteiger partial charge in [-0.2, -0.15) is 0 Å². The molecule has 0 radical (unpaired) electrons. The second-order valence-corrected chi connectivity index (χ2v) is 4.60. The molecular weight excluding hydrogens is 188 g/mol. The van der Waals surface area contributed by atoms with Gasteiger partial charge < -0.3 is 9.32 Å². The molecule has 2 fully saturated rings. The second kappa shape index (κ2) is 3.40. The van der Waals surface area contributed by atoms with Gasteiger partial charge in [0.25, 0.3) is 0 Å². The van der Waals surface area contributed by atoms with Crippen molar-refractivity contribution in [3.8, 4) is 0 Å². The van der Waals surface area contributed by atoms with Crippen LogP contribution in [0.25, 0.3) is 0 Å².